The Kier molecular flexibility index (Phi) is 8.29. The number of rotatable bonds is 13. The van der Waals surface area contributed by atoms with Gasteiger partial charge in [-0.1, -0.05) is 5.16 Å². The second kappa shape index (κ2) is 11.8. The van der Waals surface area contributed by atoms with E-state index in [1.807, 2.05) is 36.6 Å². The SMILES string of the molecule is C/C(=N\OCCOc1ccc2nc(NCCCNCC3CNC3)ccc2c1)c1csc(N)n1. The Labute approximate surface area is 197 Å². The van der Waals surface area contributed by atoms with Gasteiger partial charge in [-0.3, -0.25) is 0 Å². The van der Waals surface area contributed by atoms with Crippen molar-refractivity contribution in [3.63, 3.8) is 0 Å². The molecule has 0 aliphatic carbocycles. The molecule has 0 unspecified atom stereocenters. The molecule has 0 radical (unpaired) electrons. The number of nitrogen functional groups attached to an aromatic ring is 1. The molecule has 1 aromatic carbocycles. The van der Waals surface area contributed by atoms with Gasteiger partial charge in [-0.05, 0) is 56.1 Å². The highest BCUT2D eigenvalue weighted by Crippen LogP contribution is 2.21. The van der Waals surface area contributed by atoms with Gasteiger partial charge in [-0.2, -0.15) is 0 Å². The van der Waals surface area contributed by atoms with Gasteiger partial charge in [0.2, 0.25) is 0 Å². The van der Waals surface area contributed by atoms with Crippen LogP contribution in [0.2, 0.25) is 0 Å². The molecule has 2 aromatic heterocycles. The van der Waals surface area contributed by atoms with Gasteiger partial charge >= 0.3 is 0 Å². The van der Waals surface area contributed by atoms with Crippen LogP contribution in [-0.2, 0) is 4.84 Å². The number of oxime groups is 1. The van der Waals surface area contributed by atoms with Crippen LogP contribution in [0.25, 0.3) is 10.9 Å². The highest BCUT2D eigenvalue weighted by atomic mass is 32.1. The fraction of sp³-hybridized carbons (Fsp3) is 0.435. The van der Waals surface area contributed by atoms with Gasteiger partial charge in [0.05, 0.1) is 5.52 Å². The predicted octanol–water partition coefficient (Wildman–Crippen LogP) is 2.70. The number of nitrogens with two attached hydrogens (primary N) is 1. The van der Waals surface area contributed by atoms with Gasteiger partial charge in [0.15, 0.2) is 11.7 Å². The summed E-state index contributed by atoms with van der Waals surface area (Å²) in [6.45, 7) is 7.87. The molecule has 176 valence electrons. The third-order valence-electron chi connectivity index (χ3n) is 5.33. The van der Waals surface area contributed by atoms with Crippen molar-refractivity contribution in [1.82, 2.24) is 20.6 Å². The van der Waals surface area contributed by atoms with Gasteiger partial charge in [-0.25, -0.2) is 9.97 Å². The molecule has 9 nitrogen and oxygen atoms in total. The molecule has 0 amide bonds. The van der Waals surface area contributed by atoms with Crippen molar-refractivity contribution in [3.05, 3.63) is 41.4 Å². The van der Waals surface area contributed by atoms with E-state index in [0.717, 1.165) is 73.2 Å². The van der Waals surface area contributed by atoms with Crippen molar-refractivity contribution < 1.29 is 9.57 Å². The fourth-order valence-corrected chi connectivity index (χ4v) is 3.97. The molecule has 1 aliphatic rings. The maximum absolute atomic E-state index is 5.79. The van der Waals surface area contributed by atoms with Crippen molar-refractivity contribution in [2.45, 2.75) is 13.3 Å². The molecular formula is C23H31N7O2S. The van der Waals surface area contributed by atoms with Crippen molar-refractivity contribution in [2.24, 2.45) is 11.1 Å². The molecule has 0 atom stereocenters. The van der Waals surface area contributed by atoms with E-state index in [4.69, 9.17) is 20.3 Å². The third kappa shape index (κ3) is 7.01. The maximum atomic E-state index is 5.79. The van der Waals surface area contributed by atoms with Gasteiger partial charge in [0, 0.05) is 36.9 Å². The van der Waals surface area contributed by atoms with Gasteiger partial charge in [-0.15, -0.1) is 11.3 Å². The van der Waals surface area contributed by atoms with Crippen LogP contribution in [0.1, 0.15) is 19.0 Å². The summed E-state index contributed by atoms with van der Waals surface area (Å²) in [5, 5.41) is 17.7. The van der Waals surface area contributed by atoms with Crippen molar-refractivity contribution in [1.29, 1.82) is 0 Å². The molecule has 33 heavy (non-hydrogen) atoms. The van der Waals surface area contributed by atoms with E-state index < -0.39 is 0 Å². The van der Waals surface area contributed by atoms with Crippen LogP contribution in [0.15, 0.2) is 40.9 Å². The van der Waals surface area contributed by atoms with E-state index >= 15 is 0 Å². The molecule has 1 saturated heterocycles. The Morgan fingerprint density at radius 1 is 1.21 bits per heavy atom. The monoisotopic (exact) mass is 469 g/mol. The van der Waals surface area contributed by atoms with Crippen LogP contribution in [0.5, 0.6) is 5.75 Å². The second-order valence-electron chi connectivity index (χ2n) is 7.99. The summed E-state index contributed by atoms with van der Waals surface area (Å²) in [6.07, 6.45) is 1.07. The summed E-state index contributed by atoms with van der Waals surface area (Å²) in [5.41, 5.74) is 7.98. The average Bonchev–Trinajstić information content (AvgIpc) is 3.23. The molecule has 3 heterocycles. The van der Waals surface area contributed by atoms with Crippen molar-refractivity contribution in [3.8, 4) is 5.75 Å². The molecule has 1 aliphatic heterocycles. The number of anilines is 2. The quantitative estimate of drug-likeness (QED) is 0.171. The average molecular weight is 470 g/mol. The van der Waals surface area contributed by atoms with Crippen LogP contribution in [0.3, 0.4) is 0 Å². The van der Waals surface area contributed by atoms with Crippen LogP contribution >= 0.6 is 11.3 Å². The Bertz CT molecular complexity index is 1070. The number of pyridine rings is 1. The summed E-state index contributed by atoms with van der Waals surface area (Å²) >= 11 is 1.38. The molecule has 0 spiro atoms. The second-order valence-corrected chi connectivity index (χ2v) is 8.88. The number of benzene rings is 1. The number of thiazole rings is 1. The highest BCUT2D eigenvalue weighted by molar-refractivity contribution is 7.13. The van der Waals surface area contributed by atoms with Gasteiger partial charge in [0.25, 0.3) is 0 Å². The zero-order valence-electron chi connectivity index (χ0n) is 18.8. The summed E-state index contributed by atoms with van der Waals surface area (Å²) in [4.78, 5) is 14.2. The van der Waals surface area contributed by atoms with Crippen LogP contribution in [-0.4, -0.2) is 61.6 Å². The van der Waals surface area contributed by atoms with E-state index in [2.05, 4.69) is 32.2 Å². The van der Waals surface area contributed by atoms with E-state index in [0.29, 0.717) is 24.1 Å². The van der Waals surface area contributed by atoms with Crippen molar-refractivity contribution >= 4 is 38.9 Å². The van der Waals surface area contributed by atoms with Crippen LogP contribution < -0.4 is 26.4 Å². The zero-order chi connectivity index (χ0) is 22.9. The van der Waals surface area contributed by atoms with E-state index in [9.17, 15) is 0 Å². The minimum atomic E-state index is 0.336. The molecular weight excluding hydrogens is 438 g/mol. The lowest BCUT2D eigenvalue weighted by Crippen LogP contribution is -2.47. The van der Waals surface area contributed by atoms with E-state index in [1.54, 1.807) is 0 Å². The van der Waals surface area contributed by atoms with E-state index in [1.165, 1.54) is 11.3 Å². The molecule has 1 fully saturated rings. The first kappa shape index (κ1) is 23.2. The summed E-state index contributed by atoms with van der Waals surface area (Å²) in [5.74, 6) is 2.46. The minimum Gasteiger partial charge on any atom is -0.490 e. The molecule has 5 N–H and O–H groups in total. The topological polar surface area (TPSA) is 119 Å². The summed E-state index contributed by atoms with van der Waals surface area (Å²) < 4.78 is 5.79. The standard InChI is InChI=1S/C23H31N7O2S/c1-16(21-15-33-23(24)29-21)30-32-10-9-31-19-4-5-20-18(11-19)3-6-22(28-20)27-8-2-7-25-12-17-13-26-14-17/h3-6,11,15,17,25-26H,2,7-10,12-14H2,1H3,(H2,24,29)(H,27,28)/b30-16+. The van der Waals surface area contributed by atoms with Crippen LogP contribution in [0.4, 0.5) is 10.9 Å². The highest BCUT2D eigenvalue weighted by Gasteiger charge is 2.15. The smallest absolute Gasteiger partial charge is 0.180 e. The third-order valence-corrected chi connectivity index (χ3v) is 6.01. The number of aromatic nitrogens is 2. The Morgan fingerprint density at radius 3 is 2.91 bits per heavy atom. The maximum Gasteiger partial charge on any atom is 0.180 e. The molecule has 0 saturated carbocycles. The number of fused-ring (bicyclic) bond motifs is 1. The molecule has 10 heteroatoms. The zero-order valence-corrected chi connectivity index (χ0v) is 19.7. The minimum absolute atomic E-state index is 0.336. The number of nitrogens with one attached hydrogen (secondary N) is 3. The van der Waals surface area contributed by atoms with Gasteiger partial charge < -0.3 is 31.3 Å². The lowest BCUT2D eigenvalue weighted by molar-refractivity contribution is 0.107. The Morgan fingerprint density at radius 2 is 2.12 bits per heavy atom. The largest absolute Gasteiger partial charge is 0.490 e. The number of nitrogens with zero attached hydrogens (tertiary/aromatic N) is 3. The first-order chi connectivity index (χ1) is 16.2. The lowest BCUT2D eigenvalue weighted by Gasteiger charge is -2.27. The Hall–Kier alpha value is -2.95. The van der Waals surface area contributed by atoms with Crippen molar-refractivity contribution in [2.75, 3.05) is 57.0 Å². The summed E-state index contributed by atoms with van der Waals surface area (Å²) in [6, 6.07) is 9.94. The first-order valence-electron chi connectivity index (χ1n) is 11.2. The molecule has 0 bridgehead atoms. The molecule has 3 aromatic rings. The lowest BCUT2D eigenvalue weighted by atomic mass is 10.0. The normalized spacial score (nSPS) is 14.3. The first-order valence-corrected chi connectivity index (χ1v) is 12.1. The number of ether oxygens (including phenoxy) is 1. The number of hydrogen-bond donors (Lipinski definition) is 4. The Balaban J connectivity index is 1.16. The predicted molar refractivity (Wildman–Crippen MR) is 134 cm³/mol. The summed E-state index contributed by atoms with van der Waals surface area (Å²) in [7, 11) is 0. The van der Waals surface area contributed by atoms with E-state index in [-0.39, 0.29) is 0 Å². The number of hydrogen-bond acceptors (Lipinski definition) is 10. The molecule has 4 rings (SSSR count). The van der Waals surface area contributed by atoms with Gasteiger partial charge in [0.1, 0.15) is 29.6 Å². The van der Waals surface area contributed by atoms with Crippen LogP contribution in [0, 0.1) is 5.92 Å². The fourth-order valence-electron chi connectivity index (χ4n) is 3.36.